The Morgan fingerprint density at radius 3 is 2.67 bits per heavy atom. The molecule has 0 bridgehead atoms. The van der Waals surface area contributed by atoms with Crippen LogP contribution in [0.25, 0.3) is 0 Å². The maximum Gasteiger partial charge on any atom is 0.236 e. The van der Waals surface area contributed by atoms with Crippen molar-refractivity contribution >= 4 is 44.8 Å². The molecule has 102 valence electrons. The number of amides is 1. The summed E-state index contributed by atoms with van der Waals surface area (Å²) in [6.07, 6.45) is 0. The number of hydrogen-bond acceptors (Lipinski definition) is 3. The average Bonchev–Trinajstić information content (AvgIpc) is 2.62. The molecule has 0 aliphatic heterocycles. The van der Waals surface area contributed by atoms with Crippen LogP contribution in [0.15, 0.2) is 10.5 Å². The molecule has 0 aliphatic rings. The Kier molecular flexibility index (Phi) is 6.63. The lowest BCUT2D eigenvalue weighted by Gasteiger charge is -2.14. The number of hydrogen-bond donors (Lipinski definition) is 2. The molecule has 18 heavy (non-hydrogen) atoms. The first-order chi connectivity index (χ1) is 8.40. The average molecular weight is 354 g/mol. The van der Waals surface area contributed by atoms with E-state index in [2.05, 4.69) is 40.4 Å². The number of thiophene rings is 1. The van der Waals surface area contributed by atoms with Crippen LogP contribution in [0.5, 0.6) is 0 Å². The lowest BCUT2D eigenvalue weighted by molar-refractivity contribution is -0.122. The summed E-state index contributed by atoms with van der Waals surface area (Å²) in [6, 6.07) is 1.77. The standard InChI is InChI=1S/C12H18BrClN2OS/c1-7(2)5-16-12(17)8(3)15-6-9-4-10(13)11(14)18-9/h4,7-8,15H,5-6H2,1-3H3,(H,16,17). The third-order valence-electron chi connectivity index (χ3n) is 2.36. The molecule has 1 aromatic rings. The van der Waals surface area contributed by atoms with Gasteiger partial charge in [0.25, 0.3) is 0 Å². The van der Waals surface area contributed by atoms with Crippen LogP contribution >= 0.6 is 38.9 Å². The highest BCUT2D eigenvalue weighted by Gasteiger charge is 2.13. The van der Waals surface area contributed by atoms with E-state index in [1.165, 1.54) is 11.3 Å². The van der Waals surface area contributed by atoms with Crippen molar-refractivity contribution < 1.29 is 4.79 Å². The van der Waals surface area contributed by atoms with Gasteiger partial charge in [0.05, 0.1) is 6.04 Å². The molecule has 2 N–H and O–H groups in total. The Bertz CT molecular complexity index is 389. The van der Waals surface area contributed by atoms with E-state index in [9.17, 15) is 4.79 Å². The second-order valence-electron chi connectivity index (χ2n) is 4.58. The van der Waals surface area contributed by atoms with E-state index in [0.717, 1.165) is 13.7 Å². The molecular weight excluding hydrogens is 336 g/mol. The molecule has 0 radical (unpaired) electrons. The summed E-state index contributed by atoms with van der Waals surface area (Å²) in [5.41, 5.74) is 0. The van der Waals surface area contributed by atoms with Crippen molar-refractivity contribution in [3.05, 3.63) is 19.8 Å². The predicted molar refractivity (Wildman–Crippen MR) is 81.2 cm³/mol. The molecule has 0 aromatic carbocycles. The second kappa shape index (κ2) is 7.48. The fraction of sp³-hybridized carbons (Fsp3) is 0.583. The van der Waals surface area contributed by atoms with Gasteiger partial charge in [-0.05, 0) is 34.8 Å². The van der Waals surface area contributed by atoms with Crippen LogP contribution in [0.2, 0.25) is 4.34 Å². The summed E-state index contributed by atoms with van der Waals surface area (Å²) < 4.78 is 1.64. The second-order valence-corrected chi connectivity index (χ2v) is 7.17. The topological polar surface area (TPSA) is 41.1 Å². The molecule has 1 rings (SSSR count). The Labute approximate surface area is 125 Å². The zero-order valence-corrected chi connectivity index (χ0v) is 13.9. The van der Waals surface area contributed by atoms with E-state index in [1.807, 2.05) is 13.0 Å². The monoisotopic (exact) mass is 352 g/mol. The highest BCUT2D eigenvalue weighted by atomic mass is 79.9. The molecule has 0 fully saturated rings. The summed E-state index contributed by atoms with van der Waals surface area (Å²) >= 11 is 10.8. The van der Waals surface area contributed by atoms with Gasteiger partial charge in [-0.3, -0.25) is 4.79 Å². The zero-order chi connectivity index (χ0) is 13.7. The number of carbonyl (C=O) groups excluding carboxylic acids is 1. The Balaban J connectivity index is 2.36. The molecule has 6 heteroatoms. The maximum atomic E-state index is 11.7. The first-order valence-corrected chi connectivity index (χ1v) is 7.83. The highest BCUT2D eigenvalue weighted by Crippen LogP contribution is 2.31. The fourth-order valence-corrected chi connectivity index (χ4v) is 3.02. The van der Waals surface area contributed by atoms with Crippen molar-refractivity contribution in [3.63, 3.8) is 0 Å². The van der Waals surface area contributed by atoms with Gasteiger partial charge >= 0.3 is 0 Å². The van der Waals surface area contributed by atoms with Gasteiger partial charge in [0.2, 0.25) is 5.91 Å². The Morgan fingerprint density at radius 2 is 2.17 bits per heavy atom. The van der Waals surface area contributed by atoms with Crippen LogP contribution in [0, 0.1) is 5.92 Å². The molecule has 3 nitrogen and oxygen atoms in total. The largest absolute Gasteiger partial charge is 0.354 e. The van der Waals surface area contributed by atoms with Crippen LogP contribution < -0.4 is 10.6 Å². The third-order valence-corrected chi connectivity index (χ3v) is 4.83. The molecule has 1 amide bonds. The molecule has 1 unspecified atom stereocenters. The van der Waals surface area contributed by atoms with Gasteiger partial charge in [-0.2, -0.15) is 0 Å². The van der Waals surface area contributed by atoms with E-state index in [-0.39, 0.29) is 11.9 Å². The smallest absolute Gasteiger partial charge is 0.236 e. The summed E-state index contributed by atoms with van der Waals surface area (Å²) in [6.45, 7) is 7.36. The quantitative estimate of drug-likeness (QED) is 0.823. The van der Waals surface area contributed by atoms with Crippen LogP contribution in [0.1, 0.15) is 25.6 Å². The summed E-state index contributed by atoms with van der Waals surface area (Å²) in [5.74, 6) is 0.499. The minimum absolute atomic E-state index is 0.0328. The van der Waals surface area contributed by atoms with Crippen molar-refractivity contribution in [2.45, 2.75) is 33.4 Å². The van der Waals surface area contributed by atoms with Crippen molar-refractivity contribution in [2.24, 2.45) is 5.92 Å². The summed E-state index contributed by atoms with van der Waals surface area (Å²) in [4.78, 5) is 12.8. The van der Waals surface area contributed by atoms with Crippen molar-refractivity contribution in [3.8, 4) is 0 Å². The van der Waals surface area contributed by atoms with Gasteiger partial charge in [-0.15, -0.1) is 11.3 Å². The van der Waals surface area contributed by atoms with Crippen LogP contribution in [-0.4, -0.2) is 18.5 Å². The predicted octanol–water partition coefficient (Wildman–Crippen LogP) is 3.41. The van der Waals surface area contributed by atoms with E-state index >= 15 is 0 Å². The minimum Gasteiger partial charge on any atom is -0.354 e. The molecule has 0 saturated heterocycles. The van der Waals surface area contributed by atoms with Gasteiger partial charge < -0.3 is 10.6 Å². The molecular formula is C12H18BrClN2OS. The number of nitrogens with one attached hydrogen (secondary N) is 2. The fourth-order valence-electron chi connectivity index (χ4n) is 1.28. The van der Waals surface area contributed by atoms with Crippen molar-refractivity contribution in [2.75, 3.05) is 6.54 Å². The lowest BCUT2D eigenvalue weighted by atomic mass is 10.2. The SMILES string of the molecule is CC(C)CNC(=O)C(C)NCc1cc(Br)c(Cl)s1. The Hall–Kier alpha value is -0.100. The number of halogens is 2. The van der Waals surface area contributed by atoms with E-state index in [1.54, 1.807) is 0 Å². The van der Waals surface area contributed by atoms with Gasteiger partial charge in [-0.25, -0.2) is 0 Å². The Morgan fingerprint density at radius 1 is 1.50 bits per heavy atom. The first kappa shape index (κ1) is 16.0. The zero-order valence-electron chi connectivity index (χ0n) is 10.7. The van der Waals surface area contributed by atoms with E-state index in [0.29, 0.717) is 19.0 Å². The van der Waals surface area contributed by atoms with Crippen LogP contribution in [0.4, 0.5) is 0 Å². The van der Waals surface area contributed by atoms with Gasteiger partial charge in [0.15, 0.2) is 0 Å². The molecule has 0 aliphatic carbocycles. The van der Waals surface area contributed by atoms with Gasteiger partial charge in [0.1, 0.15) is 4.34 Å². The van der Waals surface area contributed by atoms with Crippen molar-refractivity contribution in [1.29, 1.82) is 0 Å². The molecule has 0 saturated carbocycles. The molecule has 0 spiro atoms. The minimum atomic E-state index is -0.205. The maximum absolute atomic E-state index is 11.7. The molecule has 1 heterocycles. The van der Waals surface area contributed by atoms with E-state index in [4.69, 9.17) is 11.6 Å². The van der Waals surface area contributed by atoms with Crippen LogP contribution in [0.3, 0.4) is 0 Å². The number of carbonyl (C=O) groups is 1. The van der Waals surface area contributed by atoms with Crippen molar-refractivity contribution in [1.82, 2.24) is 10.6 Å². The highest BCUT2D eigenvalue weighted by molar-refractivity contribution is 9.10. The normalized spacial score (nSPS) is 12.8. The summed E-state index contributed by atoms with van der Waals surface area (Å²) in [5, 5.41) is 6.08. The third kappa shape index (κ3) is 5.26. The van der Waals surface area contributed by atoms with Crippen LogP contribution in [-0.2, 0) is 11.3 Å². The molecule has 1 aromatic heterocycles. The van der Waals surface area contributed by atoms with Gasteiger partial charge in [0, 0.05) is 22.4 Å². The lowest BCUT2D eigenvalue weighted by Crippen LogP contribution is -2.42. The van der Waals surface area contributed by atoms with Gasteiger partial charge in [-0.1, -0.05) is 25.4 Å². The number of rotatable bonds is 6. The molecule has 1 atom stereocenters. The first-order valence-electron chi connectivity index (χ1n) is 5.85. The summed E-state index contributed by atoms with van der Waals surface area (Å²) in [7, 11) is 0. The van der Waals surface area contributed by atoms with E-state index < -0.39 is 0 Å².